The quantitative estimate of drug-likeness (QED) is 0.603. The molecule has 0 radical (unpaired) electrons. The number of nitrogens with one attached hydrogen (secondary N) is 3. The van der Waals surface area contributed by atoms with Crippen LogP contribution < -0.4 is 15.4 Å². The third-order valence-electron chi connectivity index (χ3n) is 7.65. The van der Waals surface area contributed by atoms with Gasteiger partial charge in [0.15, 0.2) is 0 Å². The number of H-pyrrole nitrogens is 1. The van der Waals surface area contributed by atoms with Crippen LogP contribution in [0.1, 0.15) is 42.6 Å². The molecule has 3 amide bonds. The summed E-state index contributed by atoms with van der Waals surface area (Å²) in [6.07, 6.45) is 3.85. The number of likely N-dealkylation sites (tertiary alicyclic amines) is 1. The lowest BCUT2D eigenvalue weighted by molar-refractivity contribution is -0.127. The van der Waals surface area contributed by atoms with Crippen LogP contribution in [0.3, 0.4) is 0 Å². The predicted octanol–water partition coefficient (Wildman–Crippen LogP) is 1.95. The number of fused-ring (bicyclic) bond motifs is 2. The van der Waals surface area contributed by atoms with E-state index < -0.39 is 12.1 Å². The number of methoxy groups -OCH3 is 1. The molecule has 5 atom stereocenters. The SMILES string of the molecule is COc1cccc2[nH]c(C(=O)N3CC4CCCC4[C@H]3C(=O)N[C@H](C#N)CC3CCNC3=O)cc12. The van der Waals surface area contributed by atoms with Gasteiger partial charge in [0.2, 0.25) is 11.8 Å². The number of aromatic amines is 1. The number of hydrogen-bond acceptors (Lipinski definition) is 5. The molecule has 3 aliphatic rings. The van der Waals surface area contributed by atoms with Crippen molar-refractivity contribution in [2.75, 3.05) is 20.2 Å². The smallest absolute Gasteiger partial charge is 0.271 e. The largest absolute Gasteiger partial charge is 0.496 e. The van der Waals surface area contributed by atoms with Gasteiger partial charge in [0.05, 0.1) is 13.2 Å². The molecule has 3 N–H and O–H groups in total. The molecule has 1 saturated carbocycles. The van der Waals surface area contributed by atoms with Crippen molar-refractivity contribution in [3.05, 3.63) is 30.0 Å². The van der Waals surface area contributed by atoms with Gasteiger partial charge in [-0.2, -0.15) is 5.26 Å². The fourth-order valence-electron chi connectivity index (χ4n) is 5.98. The fraction of sp³-hybridized carbons (Fsp3) is 0.520. The van der Waals surface area contributed by atoms with E-state index in [0.717, 1.165) is 30.2 Å². The van der Waals surface area contributed by atoms with E-state index >= 15 is 0 Å². The van der Waals surface area contributed by atoms with E-state index in [1.165, 1.54) is 0 Å². The van der Waals surface area contributed by atoms with Crippen LogP contribution in [0.25, 0.3) is 10.9 Å². The first-order valence-electron chi connectivity index (χ1n) is 11.9. The van der Waals surface area contributed by atoms with Crippen LogP contribution >= 0.6 is 0 Å². The van der Waals surface area contributed by atoms with Crippen LogP contribution in [-0.2, 0) is 9.59 Å². The number of rotatable bonds is 6. The van der Waals surface area contributed by atoms with Crippen molar-refractivity contribution in [3.63, 3.8) is 0 Å². The Balaban J connectivity index is 1.37. The molecular weight excluding hydrogens is 434 g/mol. The summed E-state index contributed by atoms with van der Waals surface area (Å²) in [6.45, 7) is 1.12. The lowest BCUT2D eigenvalue weighted by Gasteiger charge is -2.28. The third-order valence-corrected chi connectivity index (χ3v) is 7.65. The standard InChI is InChI=1S/C25H29N5O4/c1-34-21-7-3-6-19-18(21)11-20(29-19)25(33)30-13-15-4-2-5-17(15)22(30)24(32)28-16(12-26)10-14-8-9-27-23(14)31/h3,6-7,11,14-17,22,29H,2,4-5,8-10,13H2,1H3,(H,27,31)(H,28,32)/t14?,15?,16-,17?,22-/m0/s1. The van der Waals surface area contributed by atoms with Gasteiger partial charge in [0, 0.05) is 29.9 Å². The molecule has 0 bridgehead atoms. The Kier molecular flexibility index (Phi) is 5.90. The molecule has 3 heterocycles. The highest BCUT2D eigenvalue weighted by Gasteiger charge is 2.50. The minimum Gasteiger partial charge on any atom is -0.496 e. The summed E-state index contributed by atoms with van der Waals surface area (Å²) >= 11 is 0. The maximum Gasteiger partial charge on any atom is 0.271 e. The van der Waals surface area contributed by atoms with Gasteiger partial charge < -0.3 is 25.3 Å². The van der Waals surface area contributed by atoms with E-state index in [2.05, 4.69) is 21.7 Å². The summed E-state index contributed by atoms with van der Waals surface area (Å²) in [4.78, 5) is 43.8. The molecule has 1 aromatic carbocycles. The second-order valence-corrected chi connectivity index (χ2v) is 9.56. The molecule has 2 aliphatic heterocycles. The highest BCUT2D eigenvalue weighted by atomic mass is 16.5. The number of carbonyl (C=O) groups is 3. The molecule has 1 aromatic heterocycles. The van der Waals surface area contributed by atoms with Crippen LogP contribution in [0.4, 0.5) is 0 Å². The van der Waals surface area contributed by atoms with E-state index in [1.807, 2.05) is 18.2 Å². The van der Waals surface area contributed by atoms with Gasteiger partial charge in [0.25, 0.3) is 5.91 Å². The lowest BCUT2D eigenvalue weighted by atomic mass is 9.92. The number of nitrogens with zero attached hydrogens (tertiary/aromatic N) is 2. The van der Waals surface area contributed by atoms with Crippen molar-refractivity contribution in [2.45, 2.75) is 44.2 Å². The first-order valence-corrected chi connectivity index (χ1v) is 11.9. The summed E-state index contributed by atoms with van der Waals surface area (Å²) in [6, 6.07) is 8.10. The van der Waals surface area contributed by atoms with Gasteiger partial charge in [-0.05, 0) is 55.7 Å². The minimum atomic E-state index is -0.768. The first-order chi connectivity index (χ1) is 16.5. The summed E-state index contributed by atoms with van der Waals surface area (Å²) < 4.78 is 5.42. The zero-order valence-corrected chi connectivity index (χ0v) is 19.2. The fourth-order valence-corrected chi connectivity index (χ4v) is 5.98. The summed E-state index contributed by atoms with van der Waals surface area (Å²) in [7, 11) is 1.59. The van der Waals surface area contributed by atoms with Crippen molar-refractivity contribution < 1.29 is 19.1 Å². The molecule has 3 unspecified atom stereocenters. The lowest BCUT2D eigenvalue weighted by Crippen LogP contribution is -2.51. The maximum absolute atomic E-state index is 13.6. The molecule has 3 fully saturated rings. The molecule has 9 nitrogen and oxygen atoms in total. The maximum atomic E-state index is 13.6. The Hall–Kier alpha value is -3.54. The van der Waals surface area contributed by atoms with E-state index in [0.29, 0.717) is 31.0 Å². The van der Waals surface area contributed by atoms with Crippen LogP contribution in [-0.4, -0.2) is 59.9 Å². The zero-order chi connectivity index (χ0) is 23.8. The van der Waals surface area contributed by atoms with E-state index in [4.69, 9.17) is 4.74 Å². The van der Waals surface area contributed by atoms with Gasteiger partial charge in [-0.25, -0.2) is 0 Å². The molecule has 34 heavy (non-hydrogen) atoms. The number of aromatic nitrogens is 1. The minimum absolute atomic E-state index is 0.0720. The van der Waals surface area contributed by atoms with Gasteiger partial charge in [0.1, 0.15) is 23.5 Å². The van der Waals surface area contributed by atoms with Crippen molar-refractivity contribution in [2.24, 2.45) is 17.8 Å². The summed E-state index contributed by atoms with van der Waals surface area (Å²) in [5.41, 5.74) is 1.21. The predicted molar refractivity (Wildman–Crippen MR) is 124 cm³/mol. The van der Waals surface area contributed by atoms with Gasteiger partial charge in [-0.15, -0.1) is 0 Å². The zero-order valence-electron chi connectivity index (χ0n) is 19.2. The van der Waals surface area contributed by atoms with Gasteiger partial charge >= 0.3 is 0 Å². The second kappa shape index (κ2) is 9.01. The number of ether oxygens (including phenoxy) is 1. The van der Waals surface area contributed by atoms with Gasteiger partial charge in [-0.1, -0.05) is 12.5 Å². The number of amides is 3. The van der Waals surface area contributed by atoms with Crippen LogP contribution in [0.15, 0.2) is 24.3 Å². The topological polar surface area (TPSA) is 127 Å². The Morgan fingerprint density at radius 1 is 1.32 bits per heavy atom. The monoisotopic (exact) mass is 463 g/mol. The molecule has 178 valence electrons. The van der Waals surface area contributed by atoms with Crippen molar-refractivity contribution in [1.82, 2.24) is 20.5 Å². The molecular formula is C25H29N5O4. The van der Waals surface area contributed by atoms with E-state index in [1.54, 1.807) is 18.1 Å². The third kappa shape index (κ3) is 3.87. The molecule has 5 rings (SSSR count). The number of hydrogen-bond donors (Lipinski definition) is 3. The second-order valence-electron chi connectivity index (χ2n) is 9.56. The average Bonchev–Trinajstić information content (AvgIpc) is 3.61. The summed E-state index contributed by atoms with van der Waals surface area (Å²) in [5, 5.41) is 16.1. The Morgan fingerprint density at radius 3 is 2.91 bits per heavy atom. The molecule has 2 aromatic rings. The molecule has 9 heteroatoms. The van der Waals surface area contributed by atoms with E-state index in [-0.39, 0.29) is 41.9 Å². The number of carbonyl (C=O) groups excluding carboxylic acids is 3. The van der Waals surface area contributed by atoms with E-state index in [9.17, 15) is 19.6 Å². The Morgan fingerprint density at radius 2 is 2.18 bits per heavy atom. The van der Waals surface area contributed by atoms with Crippen molar-refractivity contribution in [3.8, 4) is 11.8 Å². The Labute approximate surface area is 197 Å². The number of benzene rings is 1. The average molecular weight is 464 g/mol. The highest BCUT2D eigenvalue weighted by molar-refractivity contribution is 6.02. The highest BCUT2D eigenvalue weighted by Crippen LogP contribution is 2.43. The summed E-state index contributed by atoms with van der Waals surface area (Å²) in [5.74, 6) is 0.159. The molecule has 0 spiro atoms. The Bertz CT molecular complexity index is 1170. The van der Waals surface area contributed by atoms with Gasteiger partial charge in [-0.3, -0.25) is 14.4 Å². The van der Waals surface area contributed by atoms with Crippen molar-refractivity contribution in [1.29, 1.82) is 5.26 Å². The molecule has 1 aliphatic carbocycles. The normalized spacial score (nSPS) is 26.7. The van der Waals surface area contributed by atoms with Crippen LogP contribution in [0.2, 0.25) is 0 Å². The first kappa shape index (κ1) is 22.3. The van der Waals surface area contributed by atoms with Crippen LogP contribution in [0.5, 0.6) is 5.75 Å². The number of nitriles is 1. The van der Waals surface area contributed by atoms with Crippen molar-refractivity contribution >= 4 is 28.6 Å². The van der Waals surface area contributed by atoms with Crippen LogP contribution in [0, 0.1) is 29.1 Å². The molecule has 2 saturated heterocycles.